The smallest absolute Gasteiger partial charge is 0.337 e. The number of allylic oxidation sites excluding steroid dienone is 2. The molecule has 7 heteroatoms. The van der Waals surface area contributed by atoms with E-state index in [-0.39, 0.29) is 17.3 Å². The van der Waals surface area contributed by atoms with Gasteiger partial charge in [0, 0.05) is 36.7 Å². The van der Waals surface area contributed by atoms with Gasteiger partial charge in [-0.25, -0.2) is 4.79 Å². The molecule has 0 radical (unpaired) electrons. The van der Waals surface area contributed by atoms with E-state index in [0.717, 1.165) is 17.7 Å². The fraction of sp³-hybridized carbons (Fsp3) is 0.409. The molecule has 4 rings (SSSR count). The van der Waals surface area contributed by atoms with Gasteiger partial charge in [0.1, 0.15) is 11.4 Å². The monoisotopic (exact) mass is 396 g/mol. The Morgan fingerprint density at radius 1 is 1.28 bits per heavy atom. The highest BCUT2D eigenvalue weighted by Crippen LogP contribution is 2.47. The number of carbonyl (C=O) groups excluding carboxylic acids is 3. The number of Topliss-reactive ketones (excluding diaryl/α,β-unsaturated/α-hetero) is 1. The van der Waals surface area contributed by atoms with E-state index in [1.54, 1.807) is 0 Å². The fourth-order valence-electron chi connectivity index (χ4n) is 4.48. The Morgan fingerprint density at radius 3 is 2.86 bits per heavy atom. The van der Waals surface area contributed by atoms with Crippen molar-refractivity contribution in [2.45, 2.75) is 32.1 Å². The number of esters is 1. The largest absolute Gasteiger partial charge is 0.494 e. The first-order valence-electron chi connectivity index (χ1n) is 9.94. The van der Waals surface area contributed by atoms with Crippen molar-refractivity contribution in [2.24, 2.45) is 0 Å². The molecule has 152 valence electrons. The maximum absolute atomic E-state index is 13.0. The number of amides is 1. The second kappa shape index (κ2) is 7.73. The lowest BCUT2D eigenvalue weighted by atomic mass is 9.74. The molecule has 1 aromatic carbocycles. The molecule has 1 aliphatic carbocycles. The number of benzene rings is 1. The van der Waals surface area contributed by atoms with Gasteiger partial charge in [0.25, 0.3) is 5.91 Å². The summed E-state index contributed by atoms with van der Waals surface area (Å²) in [5.74, 6) is -0.892. The van der Waals surface area contributed by atoms with Crippen LogP contribution in [0.4, 0.5) is 0 Å². The van der Waals surface area contributed by atoms with Crippen molar-refractivity contribution in [3.8, 4) is 5.75 Å². The molecular weight excluding hydrogens is 372 g/mol. The number of piperazine rings is 1. The van der Waals surface area contributed by atoms with E-state index in [4.69, 9.17) is 9.47 Å². The second-order valence-electron chi connectivity index (χ2n) is 7.24. The van der Waals surface area contributed by atoms with Crippen LogP contribution in [0.1, 0.15) is 37.7 Å². The van der Waals surface area contributed by atoms with E-state index >= 15 is 0 Å². The van der Waals surface area contributed by atoms with Crippen LogP contribution in [-0.2, 0) is 19.1 Å². The topological polar surface area (TPSA) is 84.9 Å². The summed E-state index contributed by atoms with van der Waals surface area (Å²) in [4.78, 5) is 40.6. The zero-order valence-electron chi connectivity index (χ0n) is 16.6. The van der Waals surface area contributed by atoms with Gasteiger partial charge in [-0.2, -0.15) is 0 Å². The van der Waals surface area contributed by atoms with Gasteiger partial charge in [0.15, 0.2) is 5.78 Å². The third-order valence-electron chi connectivity index (χ3n) is 5.60. The summed E-state index contributed by atoms with van der Waals surface area (Å²) in [5, 5.41) is 2.82. The van der Waals surface area contributed by atoms with Crippen LogP contribution in [0.15, 0.2) is 46.8 Å². The van der Waals surface area contributed by atoms with Crippen molar-refractivity contribution in [3.63, 3.8) is 0 Å². The van der Waals surface area contributed by atoms with Crippen molar-refractivity contribution < 1.29 is 23.9 Å². The Bertz CT molecular complexity index is 946. The molecule has 1 saturated heterocycles. The number of nitrogens with zero attached hydrogens (tertiary/aromatic N) is 1. The Kier molecular flexibility index (Phi) is 5.13. The predicted octanol–water partition coefficient (Wildman–Crippen LogP) is 2.05. The van der Waals surface area contributed by atoms with Crippen LogP contribution in [0.3, 0.4) is 0 Å². The fourth-order valence-corrected chi connectivity index (χ4v) is 4.48. The number of fused-ring (bicyclic) bond motifs is 2. The maximum Gasteiger partial charge on any atom is 0.337 e. The third-order valence-corrected chi connectivity index (χ3v) is 5.60. The predicted molar refractivity (Wildman–Crippen MR) is 105 cm³/mol. The molecule has 0 saturated carbocycles. The number of ether oxygens (including phenoxy) is 2. The molecule has 3 aliphatic rings. The van der Waals surface area contributed by atoms with Gasteiger partial charge in [0.2, 0.25) is 0 Å². The molecule has 2 heterocycles. The van der Waals surface area contributed by atoms with Gasteiger partial charge in [-0.3, -0.25) is 9.59 Å². The van der Waals surface area contributed by atoms with Crippen LogP contribution >= 0.6 is 0 Å². The van der Waals surface area contributed by atoms with Gasteiger partial charge in [-0.05, 0) is 37.5 Å². The molecule has 1 fully saturated rings. The average molecular weight is 396 g/mol. The Morgan fingerprint density at radius 2 is 2.10 bits per heavy atom. The van der Waals surface area contributed by atoms with Crippen LogP contribution in [0.25, 0.3) is 0 Å². The van der Waals surface area contributed by atoms with Crippen molar-refractivity contribution >= 4 is 17.7 Å². The molecule has 1 amide bonds. The number of hydrogen-bond acceptors (Lipinski definition) is 6. The van der Waals surface area contributed by atoms with E-state index in [9.17, 15) is 14.4 Å². The zero-order valence-corrected chi connectivity index (χ0v) is 16.6. The van der Waals surface area contributed by atoms with Crippen molar-refractivity contribution in [3.05, 3.63) is 52.4 Å². The maximum atomic E-state index is 13.0. The van der Waals surface area contributed by atoms with E-state index in [2.05, 4.69) is 5.32 Å². The highest BCUT2D eigenvalue weighted by molar-refractivity contribution is 6.09. The van der Waals surface area contributed by atoms with Crippen LogP contribution in [-0.4, -0.2) is 49.4 Å². The van der Waals surface area contributed by atoms with Crippen LogP contribution < -0.4 is 10.1 Å². The van der Waals surface area contributed by atoms with Gasteiger partial charge < -0.3 is 19.7 Å². The average Bonchev–Trinajstić information content (AvgIpc) is 2.73. The van der Waals surface area contributed by atoms with Crippen molar-refractivity contribution in [1.82, 2.24) is 10.2 Å². The molecule has 0 unspecified atom stereocenters. The number of carbonyl (C=O) groups is 3. The lowest BCUT2D eigenvalue weighted by molar-refractivity contribution is -0.137. The zero-order chi connectivity index (χ0) is 20.5. The molecule has 0 spiro atoms. The summed E-state index contributed by atoms with van der Waals surface area (Å²) in [6.45, 7) is 3.39. The third kappa shape index (κ3) is 3.20. The minimum absolute atomic E-state index is 0.0181. The van der Waals surface area contributed by atoms with E-state index in [1.807, 2.05) is 36.1 Å². The molecule has 2 aliphatic heterocycles. The Labute approximate surface area is 169 Å². The van der Waals surface area contributed by atoms with Gasteiger partial charge in [0.05, 0.1) is 19.3 Å². The molecule has 1 N–H and O–H groups in total. The quantitative estimate of drug-likeness (QED) is 0.784. The molecule has 1 aromatic rings. The molecule has 0 aromatic heterocycles. The number of nitrogens with one attached hydrogen (secondary N) is 1. The first kappa shape index (κ1) is 19.2. The van der Waals surface area contributed by atoms with Crippen LogP contribution in [0, 0.1) is 0 Å². The normalized spacial score (nSPS) is 21.4. The van der Waals surface area contributed by atoms with Gasteiger partial charge in [-0.1, -0.05) is 12.1 Å². The molecular formula is C22H24N2O5. The van der Waals surface area contributed by atoms with E-state index in [0.29, 0.717) is 49.6 Å². The SMILES string of the molecule is CCOc1cccc([C@H]2C3=C(CCCC3=O)N3CCNC(=O)C3=C2C(=O)OC)c1. The summed E-state index contributed by atoms with van der Waals surface area (Å²) < 4.78 is 10.7. The summed E-state index contributed by atoms with van der Waals surface area (Å²) >= 11 is 0. The van der Waals surface area contributed by atoms with E-state index in [1.165, 1.54) is 7.11 Å². The van der Waals surface area contributed by atoms with Crippen molar-refractivity contribution in [1.29, 1.82) is 0 Å². The molecule has 7 nitrogen and oxygen atoms in total. The standard InChI is InChI=1S/C22H24N2O5/c1-3-29-14-7-4-6-13(12-14)17-18-15(8-5-9-16(18)25)24-11-10-23-21(26)20(24)19(17)22(27)28-2/h4,6-7,12,17H,3,5,8-11H2,1-2H3,(H,23,26)/t17-/m0/s1. The summed E-state index contributed by atoms with van der Waals surface area (Å²) in [6, 6.07) is 7.36. The minimum atomic E-state index is -0.652. The molecule has 0 bridgehead atoms. The van der Waals surface area contributed by atoms with Gasteiger partial charge in [-0.15, -0.1) is 0 Å². The molecule has 29 heavy (non-hydrogen) atoms. The second-order valence-corrected chi connectivity index (χ2v) is 7.24. The Hall–Kier alpha value is -3.09. The summed E-state index contributed by atoms with van der Waals surface area (Å²) in [6.07, 6.45) is 1.88. The lowest BCUT2D eigenvalue weighted by Crippen LogP contribution is -2.50. The molecule has 1 atom stereocenters. The number of ketones is 1. The Balaban J connectivity index is 1.97. The van der Waals surface area contributed by atoms with E-state index < -0.39 is 11.9 Å². The van der Waals surface area contributed by atoms with Crippen LogP contribution in [0.5, 0.6) is 5.75 Å². The van der Waals surface area contributed by atoms with Crippen molar-refractivity contribution in [2.75, 3.05) is 26.8 Å². The summed E-state index contributed by atoms with van der Waals surface area (Å²) in [5.41, 5.74) is 2.70. The first-order valence-corrected chi connectivity index (χ1v) is 9.94. The number of hydrogen-bond donors (Lipinski definition) is 1. The summed E-state index contributed by atoms with van der Waals surface area (Å²) in [7, 11) is 1.29. The number of rotatable bonds is 4. The van der Waals surface area contributed by atoms with Crippen LogP contribution in [0.2, 0.25) is 0 Å². The number of methoxy groups -OCH3 is 1. The highest BCUT2D eigenvalue weighted by atomic mass is 16.5. The highest BCUT2D eigenvalue weighted by Gasteiger charge is 2.45. The lowest BCUT2D eigenvalue weighted by Gasteiger charge is -2.43. The first-order chi connectivity index (χ1) is 14.1. The minimum Gasteiger partial charge on any atom is -0.494 e. The van der Waals surface area contributed by atoms with Gasteiger partial charge >= 0.3 is 5.97 Å².